The van der Waals surface area contributed by atoms with Gasteiger partial charge in [0.15, 0.2) is 0 Å². The SMILES string of the molecule is Cc1ccc(C=CC(N)=O)c(Cl)c1. The molecule has 0 unspecified atom stereocenters. The first-order valence-electron chi connectivity index (χ1n) is 3.83. The van der Waals surface area contributed by atoms with Crippen LogP contribution in [0.3, 0.4) is 0 Å². The zero-order valence-electron chi connectivity index (χ0n) is 7.25. The highest BCUT2D eigenvalue weighted by atomic mass is 35.5. The monoisotopic (exact) mass is 195 g/mol. The van der Waals surface area contributed by atoms with Gasteiger partial charge in [-0.1, -0.05) is 23.7 Å². The lowest BCUT2D eigenvalue weighted by atomic mass is 10.1. The van der Waals surface area contributed by atoms with E-state index in [-0.39, 0.29) is 0 Å². The van der Waals surface area contributed by atoms with E-state index in [1.54, 1.807) is 6.08 Å². The van der Waals surface area contributed by atoms with Gasteiger partial charge in [-0.2, -0.15) is 0 Å². The zero-order valence-corrected chi connectivity index (χ0v) is 8.01. The number of benzene rings is 1. The molecule has 0 saturated carbocycles. The molecule has 0 saturated heterocycles. The predicted molar refractivity (Wildman–Crippen MR) is 54.4 cm³/mol. The van der Waals surface area contributed by atoms with Crippen LogP contribution >= 0.6 is 11.6 Å². The molecule has 1 aromatic rings. The fraction of sp³-hybridized carbons (Fsp3) is 0.100. The van der Waals surface area contributed by atoms with E-state index in [2.05, 4.69) is 0 Å². The van der Waals surface area contributed by atoms with Crippen molar-refractivity contribution in [3.05, 3.63) is 40.4 Å². The van der Waals surface area contributed by atoms with E-state index in [1.165, 1.54) is 6.08 Å². The van der Waals surface area contributed by atoms with Crippen molar-refractivity contribution in [1.29, 1.82) is 0 Å². The largest absolute Gasteiger partial charge is 0.366 e. The van der Waals surface area contributed by atoms with Gasteiger partial charge in [0.1, 0.15) is 0 Å². The second kappa shape index (κ2) is 4.10. The number of carbonyl (C=O) groups excluding carboxylic acids is 1. The number of aryl methyl sites for hydroxylation is 1. The molecule has 2 N–H and O–H groups in total. The first kappa shape index (κ1) is 9.81. The Morgan fingerprint density at radius 3 is 2.77 bits per heavy atom. The molecule has 2 nitrogen and oxygen atoms in total. The maximum atomic E-state index is 10.4. The van der Waals surface area contributed by atoms with E-state index in [1.807, 2.05) is 25.1 Å². The first-order valence-corrected chi connectivity index (χ1v) is 4.21. The van der Waals surface area contributed by atoms with Crippen LogP contribution in [0, 0.1) is 6.92 Å². The van der Waals surface area contributed by atoms with E-state index < -0.39 is 5.91 Å². The Morgan fingerprint density at radius 1 is 1.54 bits per heavy atom. The molecule has 0 spiro atoms. The van der Waals surface area contributed by atoms with Crippen LogP contribution in [0.2, 0.25) is 5.02 Å². The van der Waals surface area contributed by atoms with Crippen LogP contribution in [0.5, 0.6) is 0 Å². The Morgan fingerprint density at radius 2 is 2.23 bits per heavy atom. The summed E-state index contributed by atoms with van der Waals surface area (Å²) < 4.78 is 0. The topological polar surface area (TPSA) is 43.1 Å². The molecule has 0 aliphatic carbocycles. The molecule has 0 radical (unpaired) electrons. The summed E-state index contributed by atoms with van der Waals surface area (Å²) >= 11 is 5.91. The van der Waals surface area contributed by atoms with Gasteiger partial charge in [-0.15, -0.1) is 0 Å². The van der Waals surface area contributed by atoms with Crippen LogP contribution < -0.4 is 5.73 Å². The van der Waals surface area contributed by atoms with Crippen LogP contribution in [-0.2, 0) is 4.79 Å². The van der Waals surface area contributed by atoms with Crippen LogP contribution in [0.25, 0.3) is 6.08 Å². The van der Waals surface area contributed by atoms with Gasteiger partial charge < -0.3 is 5.73 Å². The van der Waals surface area contributed by atoms with Crippen molar-refractivity contribution in [3.8, 4) is 0 Å². The summed E-state index contributed by atoms with van der Waals surface area (Å²) in [6.07, 6.45) is 2.89. The molecule has 0 bridgehead atoms. The van der Waals surface area contributed by atoms with Crippen molar-refractivity contribution in [2.24, 2.45) is 5.73 Å². The van der Waals surface area contributed by atoms with Crippen molar-refractivity contribution in [1.82, 2.24) is 0 Å². The van der Waals surface area contributed by atoms with E-state index in [9.17, 15) is 4.79 Å². The number of carbonyl (C=O) groups is 1. The number of hydrogen-bond donors (Lipinski definition) is 1. The van der Waals surface area contributed by atoms with Crippen molar-refractivity contribution in [3.63, 3.8) is 0 Å². The lowest BCUT2D eigenvalue weighted by Gasteiger charge is -1.98. The van der Waals surface area contributed by atoms with E-state index >= 15 is 0 Å². The Hall–Kier alpha value is -1.28. The molecule has 0 heterocycles. The standard InChI is InChI=1S/C10H10ClNO/c1-7-2-3-8(9(11)6-7)4-5-10(12)13/h2-6H,1H3,(H2,12,13). The Balaban J connectivity index is 2.96. The van der Waals surface area contributed by atoms with Gasteiger partial charge in [-0.3, -0.25) is 4.79 Å². The third kappa shape index (κ3) is 2.92. The highest BCUT2D eigenvalue weighted by Gasteiger charge is 1.96. The molecule has 1 aromatic carbocycles. The van der Waals surface area contributed by atoms with E-state index in [0.717, 1.165) is 11.1 Å². The Kier molecular flexibility index (Phi) is 3.09. The number of nitrogens with two attached hydrogens (primary N) is 1. The molecule has 13 heavy (non-hydrogen) atoms. The van der Waals surface area contributed by atoms with Crippen molar-refractivity contribution in [2.75, 3.05) is 0 Å². The van der Waals surface area contributed by atoms with Gasteiger partial charge in [0, 0.05) is 11.1 Å². The summed E-state index contributed by atoms with van der Waals surface area (Å²) in [6, 6.07) is 5.60. The van der Waals surface area contributed by atoms with E-state index in [0.29, 0.717) is 5.02 Å². The van der Waals surface area contributed by atoms with Gasteiger partial charge >= 0.3 is 0 Å². The molecule has 0 aliphatic heterocycles. The Labute approximate surface area is 82.0 Å². The minimum Gasteiger partial charge on any atom is -0.366 e. The van der Waals surface area contributed by atoms with Crippen molar-refractivity contribution < 1.29 is 4.79 Å². The second-order valence-electron chi connectivity index (χ2n) is 2.76. The Bertz CT molecular complexity index is 358. The zero-order chi connectivity index (χ0) is 9.84. The van der Waals surface area contributed by atoms with Gasteiger partial charge in [-0.05, 0) is 30.2 Å². The molecule has 0 fully saturated rings. The molecular formula is C10H10ClNO. The van der Waals surface area contributed by atoms with Crippen LogP contribution in [0.4, 0.5) is 0 Å². The fourth-order valence-electron chi connectivity index (χ4n) is 0.939. The maximum Gasteiger partial charge on any atom is 0.241 e. The third-order valence-electron chi connectivity index (χ3n) is 1.58. The molecule has 0 aliphatic rings. The molecule has 1 rings (SSSR count). The van der Waals surface area contributed by atoms with Crippen molar-refractivity contribution >= 4 is 23.6 Å². The molecule has 68 valence electrons. The van der Waals surface area contributed by atoms with E-state index in [4.69, 9.17) is 17.3 Å². The number of primary amides is 1. The highest BCUT2D eigenvalue weighted by Crippen LogP contribution is 2.18. The number of rotatable bonds is 2. The molecule has 0 atom stereocenters. The lowest BCUT2D eigenvalue weighted by molar-refractivity contribution is -0.113. The van der Waals surface area contributed by atoms with Crippen LogP contribution in [-0.4, -0.2) is 5.91 Å². The minimum atomic E-state index is -0.475. The smallest absolute Gasteiger partial charge is 0.241 e. The predicted octanol–water partition coefficient (Wildman–Crippen LogP) is 2.15. The van der Waals surface area contributed by atoms with Gasteiger partial charge in [0.2, 0.25) is 5.91 Å². The molecular weight excluding hydrogens is 186 g/mol. The summed E-state index contributed by atoms with van der Waals surface area (Å²) in [5.41, 5.74) is 6.83. The van der Waals surface area contributed by atoms with Crippen LogP contribution in [0.1, 0.15) is 11.1 Å². The van der Waals surface area contributed by atoms with Gasteiger partial charge in [0.05, 0.1) is 0 Å². The van der Waals surface area contributed by atoms with Crippen molar-refractivity contribution in [2.45, 2.75) is 6.92 Å². The average Bonchev–Trinajstić information content (AvgIpc) is 2.02. The first-order chi connectivity index (χ1) is 6.09. The number of halogens is 1. The average molecular weight is 196 g/mol. The quantitative estimate of drug-likeness (QED) is 0.722. The maximum absolute atomic E-state index is 10.4. The normalized spacial score (nSPS) is 10.6. The summed E-state index contributed by atoms with van der Waals surface area (Å²) in [5.74, 6) is -0.475. The molecule has 3 heteroatoms. The fourth-order valence-corrected chi connectivity index (χ4v) is 1.24. The molecule has 1 amide bonds. The summed E-state index contributed by atoms with van der Waals surface area (Å²) in [5, 5.41) is 0.623. The summed E-state index contributed by atoms with van der Waals surface area (Å²) in [4.78, 5) is 10.4. The number of amides is 1. The third-order valence-corrected chi connectivity index (χ3v) is 1.91. The highest BCUT2D eigenvalue weighted by molar-refractivity contribution is 6.32. The minimum absolute atomic E-state index is 0.475. The number of hydrogen-bond acceptors (Lipinski definition) is 1. The summed E-state index contributed by atoms with van der Waals surface area (Å²) in [6.45, 7) is 1.95. The second-order valence-corrected chi connectivity index (χ2v) is 3.17. The van der Waals surface area contributed by atoms with Gasteiger partial charge in [0.25, 0.3) is 0 Å². The lowest BCUT2D eigenvalue weighted by Crippen LogP contribution is -2.05. The summed E-state index contributed by atoms with van der Waals surface area (Å²) in [7, 11) is 0. The van der Waals surface area contributed by atoms with Gasteiger partial charge in [-0.25, -0.2) is 0 Å². The molecule has 0 aromatic heterocycles. The van der Waals surface area contributed by atoms with Crippen LogP contribution in [0.15, 0.2) is 24.3 Å².